The van der Waals surface area contributed by atoms with Gasteiger partial charge in [-0.3, -0.25) is 14.7 Å². The lowest BCUT2D eigenvalue weighted by molar-refractivity contribution is -0.133. The molecule has 2 aliphatic rings. The van der Waals surface area contributed by atoms with Crippen LogP contribution in [0.25, 0.3) is 11.2 Å². The fourth-order valence-electron chi connectivity index (χ4n) is 4.45. The molecule has 4 N–H and O–H groups in total. The Morgan fingerprint density at radius 2 is 1.82 bits per heavy atom. The van der Waals surface area contributed by atoms with Crippen molar-refractivity contribution in [3.05, 3.63) is 49.1 Å². The van der Waals surface area contributed by atoms with Gasteiger partial charge in [-0.15, -0.1) is 0 Å². The van der Waals surface area contributed by atoms with Crippen LogP contribution in [0.1, 0.15) is 38.8 Å². The highest BCUT2D eigenvalue weighted by atomic mass is 32.2. The Morgan fingerprint density at radius 1 is 1.05 bits per heavy atom. The van der Waals surface area contributed by atoms with Gasteiger partial charge in [0, 0.05) is 18.3 Å². The minimum absolute atomic E-state index is 0.113. The van der Waals surface area contributed by atoms with Gasteiger partial charge in [-0.2, -0.15) is 0 Å². The number of amides is 3. The fraction of sp³-hybridized carbons (Fsp3) is 0.375. The van der Waals surface area contributed by atoms with Gasteiger partial charge in [0.25, 0.3) is 0 Å². The molecule has 0 radical (unpaired) electrons. The molecule has 1 aliphatic carbocycles. The molecular weight excluding hydrogens is 512 g/mol. The highest BCUT2D eigenvalue weighted by Gasteiger charge is 2.32. The number of rotatable bonds is 8. The quantitative estimate of drug-likeness (QED) is 0.315. The molecule has 1 aliphatic heterocycles. The summed E-state index contributed by atoms with van der Waals surface area (Å²) < 4.78 is 35.4. The predicted octanol–water partition coefficient (Wildman–Crippen LogP) is 2.28. The minimum Gasteiger partial charge on any atom is -0.354 e. The number of nitrogens with zero attached hydrogens (tertiary/aromatic N) is 4. The fourth-order valence-corrected chi connectivity index (χ4v) is 5.71. The van der Waals surface area contributed by atoms with Crippen LogP contribution in [0.5, 0.6) is 0 Å². The van der Waals surface area contributed by atoms with Crippen LogP contribution in [0.15, 0.2) is 54.0 Å². The van der Waals surface area contributed by atoms with Crippen molar-refractivity contribution in [1.29, 1.82) is 0 Å². The number of likely N-dealkylation sites (N-methyl/N-ethyl adjacent to an activating group) is 1. The normalized spacial score (nSPS) is 19.6. The second-order valence-electron chi connectivity index (χ2n) is 8.96. The Morgan fingerprint density at radius 3 is 2.55 bits per heavy atom. The van der Waals surface area contributed by atoms with Crippen LogP contribution in [-0.2, 0) is 19.6 Å². The van der Waals surface area contributed by atoms with Crippen molar-refractivity contribution >= 4 is 44.6 Å². The number of sulfonamides is 1. The third kappa shape index (κ3) is 5.51. The maximum absolute atomic E-state index is 12.7. The zero-order valence-corrected chi connectivity index (χ0v) is 21.4. The number of hydrogen-bond donors (Lipinski definition) is 4. The molecule has 2 atom stereocenters. The third-order valence-corrected chi connectivity index (χ3v) is 7.83. The summed E-state index contributed by atoms with van der Waals surface area (Å²) in [6.07, 6.45) is 8.29. The van der Waals surface area contributed by atoms with E-state index in [2.05, 4.69) is 35.6 Å². The maximum atomic E-state index is 12.7. The van der Waals surface area contributed by atoms with Gasteiger partial charge in [0.05, 0.1) is 11.2 Å². The molecule has 1 fully saturated rings. The summed E-state index contributed by atoms with van der Waals surface area (Å²) in [5, 5.41) is 8.08. The number of nitrogens with one attached hydrogen (secondary N) is 4. The van der Waals surface area contributed by atoms with E-state index in [0.29, 0.717) is 49.1 Å². The van der Waals surface area contributed by atoms with E-state index < -0.39 is 28.4 Å². The molecule has 0 bridgehead atoms. The summed E-state index contributed by atoms with van der Waals surface area (Å²) in [5.74, 6) is 0.0409. The van der Waals surface area contributed by atoms with Crippen LogP contribution in [0.4, 0.5) is 16.3 Å². The van der Waals surface area contributed by atoms with Gasteiger partial charge in [-0.1, -0.05) is 12.2 Å². The Bertz CT molecular complexity index is 1460. The van der Waals surface area contributed by atoms with Gasteiger partial charge >= 0.3 is 6.03 Å². The Hall–Kier alpha value is -3.88. The average Bonchev–Trinajstić information content (AvgIpc) is 3.65. The Balaban J connectivity index is 1.23. The van der Waals surface area contributed by atoms with Crippen molar-refractivity contribution in [1.82, 2.24) is 29.6 Å². The molecule has 0 unspecified atom stereocenters. The van der Waals surface area contributed by atoms with E-state index in [0.717, 1.165) is 0 Å². The number of anilines is 2. The highest BCUT2D eigenvalue weighted by molar-refractivity contribution is 7.89. The number of imidazole rings is 1. The molecule has 5 rings (SSSR count). The summed E-state index contributed by atoms with van der Waals surface area (Å²) in [4.78, 5) is 37.6. The molecule has 38 heavy (non-hydrogen) atoms. The average molecular weight is 541 g/mol. The molecule has 0 saturated carbocycles. The molecule has 3 aromatic rings. The maximum Gasteiger partial charge on any atom is 0.324 e. The summed E-state index contributed by atoms with van der Waals surface area (Å²) in [6, 6.07) is 5.15. The van der Waals surface area contributed by atoms with E-state index in [1.807, 2.05) is 19.1 Å². The summed E-state index contributed by atoms with van der Waals surface area (Å²) in [5.41, 5.74) is 1.22. The minimum atomic E-state index is -3.66. The Kier molecular flexibility index (Phi) is 7.35. The van der Waals surface area contributed by atoms with E-state index in [9.17, 15) is 18.0 Å². The number of hydrogen-bond acceptors (Lipinski definition) is 8. The molecule has 0 spiro atoms. The molecule has 3 heterocycles. The molecule has 14 heteroatoms. The SMILES string of the molecule is CCNC(=O)[C@@H]1CC[C@H](n2cnc3c(NC(=O)Nc4ccc(S(=O)(=O)NC5CC=CC5)cc4)ncnc32)O1. The first-order valence-corrected chi connectivity index (χ1v) is 13.8. The summed E-state index contributed by atoms with van der Waals surface area (Å²) in [7, 11) is -3.66. The number of carbonyl (C=O) groups excluding carboxylic acids is 2. The van der Waals surface area contributed by atoms with Crippen LogP contribution < -0.4 is 20.7 Å². The zero-order chi connectivity index (χ0) is 26.7. The number of ether oxygens (including phenoxy) is 1. The summed E-state index contributed by atoms with van der Waals surface area (Å²) in [6.45, 7) is 2.38. The Labute approximate surface area is 219 Å². The lowest BCUT2D eigenvalue weighted by atomic mass is 10.2. The standard InChI is InChI=1S/C24H28N8O5S/c1-2-25-23(33)18-11-12-19(37-18)32-14-28-20-21(26-13-27-22(20)32)30-24(34)29-15-7-9-17(10-8-15)38(35,36)31-16-5-3-4-6-16/h3-4,7-10,13-14,16,18-19,31H,2,5-6,11-12H2,1H3,(H,25,33)(H2,26,27,29,30,34)/t18-,19+/m0/s1. The number of benzene rings is 1. The van der Waals surface area contributed by atoms with Crippen molar-refractivity contribution in [2.75, 3.05) is 17.2 Å². The molecule has 13 nitrogen and oxygen atoms in total. The molecule has 200 valence electrons. The highest BCUT2D eigenvalue weighted by Crippen LogP contribution is 2.31. The van der Waals surface area contributed by atoms with Crippen molar-refractivity contribution in [2.45, 2.75) is 55.9 Å². The van der Waals surface area contributed by atoms with Gasteiger partial charge in [-0.25, -0.2) is 32.9 Å². The molecule has 3 amide bonds. The molecular formula is C24H28N8O5S. The van der Waals surface area contributed by atoms with Crippen molar-refractivity contribution < 1.29 is 22.7 Å². The molecule has 1 aromatic carbocycles. The number of urea groups is 1. The van der Waals surface area contributed by atoms with Crippen LogP contribution in [-0.4, -0.2) is 58.6 Å². The molecule has 2 aromatic heterocycles. The predicted molar refractivity (Wildman–Crippen MR) is 139 cm³/mol. The van der Waals surface area contributed by atoms with Crippen molar-refractivity contribution in [3.8, 4) is 0 Å². The number of fused-ring (bicyclic) bond motifs is 1. The summed E-state index contributed by atoms with van der Waals surface area (Å²) >= 11 is 0. The van der Waals surface area contributed by atoms with Gasteiger partial charge in [0.2, 0.25) is 15.9 Å². The number of carbonyl (C=O) groups is 2. The van der Waals surface area contributed by atoms with E-state index in [1.54, 1.807) is 10.9 Å². The van der Waals surface area contributed by atoms with Gasteiger partial charge in [-0.05, 0) is 56.9 Å². The van der Waals surface area contributed by atoms with Crippen LogP contribution in [0, 0.1) is 0 Å². The second kappa shape index (κ2) is 10.8. The van der Waals surface area contributed by atoms with E-state index in [4.69, 9.17) is 4.74 Å². The van der Waals surface area contributed by atoms with Crippen molar-refractivity contribution in [3.63, 3.8) is 0 Å². The zero-order valence-electron chi connectivity index (χ0n) is 20.6. The lowest BCUT2D eigenvalue weighted by Crippen LogP contribution is -2.34. The first-order chi connectivity index (χ1) is 18.3. The van der Waals surface area contributed by atoms with Crippen molar-refractivity contribution in [2.24, 2.45) is 0 Å². The van der Waals surface area contributed by atoms with Crippen LogP contribution in [0.3, 0.4) is 0 Å². The van der Waals surface area contributed by atoms with Gasteiger partial charge in [0.1, 0.15) is 18.7 Å². The van der Waals surface area contributed by atoms with Crippen LogP contribution in [0.2, 0.25) is 0 Å². The molecule has 1 saturated heterocycles. The van der Waals surface area contributed by atoms with E-state index >= 15 is 0 Å². The largest absolute Gasteiger partial charge is 0.354 e. The monoisotopic (exact) mass is 540 g/mol. The smallest absolute Gasteiger partial charge is 0.324 e. The van der Waals surface area contributed by atoms with Crippen LogP contribution >= 0.6 is 0 Å². The number of aromatic nitrogens is 4. The second-order valence-corrected chi connectivity index (χ2v) is 10.7. The van der Waals surface area contributed by atoms with E-state index in [-0.39, 0.29) is 22.7 Å². The lowest BCUT2D eigenvalue weighted by Gasteiger charge is -2.15. The topological polar surface area (TPSA) is 169 Å². The van der Waals surface area contributed by atoms with Gasteiger partial charge < -0.3 is 15.4 Å². The van der Waals surface area contributed by atoms with E-state index in [1.165, 1.54) is 30.6 Å². The third-order valence-electron chi connectivity index (χ3n) is 6.29. The first kappa shape index (κ1) is 25.8. The first-order valence-electron chi connectivity index (χ1n) is 12.3. The van der Waals surface area contributed by atoms with Gasteiger partial charge in [0.15, 0.2) is 17.0 Å².